The second kappa shape index (κ2) is 10.2. The molecule has 0 bridgehead atoms. The summed E-state index contributed by atoms with van der Waals surface area (Å²) >= 11 is 0. The van der Waals surface area contributed by atoms with Gasteiger partial charge in [-0.3, -0.25) is 14.4 Å². The molecule has 158 valence electrons. The smallest absolute Gasteiger partial charge is 0.332 e. The van der Waals surface area contributed by atoms with E-state index in [0.717, 1.165) is 0 Å². The molecule has 0 radical (unpaired) electrons. The lowest BCUT2D eigenvalue weighted by atomic mass is 10.2. The number of amides is 1. The van der Waals surface area contributed by atoms with Gasteiger partial charge in [0.15, 0.2) is 23.2 Å². The second-order valence-corrected chi connectivity index (χ2v) is 6.08. The number of carbonyl (C=O) groups is 4. The lowest BCUT2D eigenvalue weighted by Crippen LogP contribution is -2.46. The molecule has 1 aromatic rings. The molecule has 11 heteroatoms. The van der Waals surface area contributed by atoms with Gasteiger partial charge in [-0.05, 0) is 13.3 Å². The molecule has 2 atom stereocenters. The number of nitrogens with zero attached hydrogens (tertiary/aromatic N) is 1. The highest BCUT2D eigenvalue weighted by molar-refractivity contribution is 5.98. The number of ether oxygens (including phenoxy) is 5. The Balaban J connectivity index is 2.20. The van der Waals surface area contributed by atoms with Gasteiger partial charge in [-0.15, -0.1) is 0 Å². The summed E-state index contributed by atoms with van der Waals surface area (Å²) in [5.74, 6) is -2.55. The molecular weight excluding hydrogens is 388 g/mol. The minimum absolute atomic E-state index is 0.0875. The van der Waals surface area contributed by atoms with Crippen molar-refractivity contribution in [1.29, 1.82) is 0 Å². The molecule has 2 heterocycles. The zero-order valence-electron chi connectivity index (χ0n) is 16.3. The summed E-state index contributed by atoms with van der Waals surface area (Å²) in [6.07, 6.45) is 1.21. The molecule has 11 nitrogen and oxygen atoms in total. The van der Waals surface area contributed by atoms with E-state index in [4.69, 9.17) is 23.7 Å². The van der Waals surface area contributed by atoms with Gasteiger partial charge >= 0.3 is 17.9 Å². The quantitative estimate of drug-likeness (QED) is 0.397. The molecule has 1 amide bonds. The maximum atomic E-state index is 12.7. The van der Waals surface area contributed by atoms with Crippen LogP contribution in [0.1, 0.15) is 37.2 Å². The van der Waals surface area contributed by atoms with Gasteiger partial charge in [-0.25, -0.2) is 9.78 Å². The highest BCUT2D eigenvalue weighted by atomic mass is 16.7. The summed E-state index contributed by atoms with van der Waals surface area (Å²) in [4.78, 5) is 51.6. The molecule has 1 aliphatic rings. The minimum Gasteiger partial charge on any atom is -0.493 e. The third-order valence-electron chi connectivity index (χ3n) is 3.84. The van der Waals surface area contributed by atoms with Crippen molar-refractivity contribution < 1.29 is 42.9 Å². The van der Waals surface area contributed by atoms with Crippen LogP contribution in [0, 0.1) is 0 Å². The van der Waals surface area contributed by atoms with Crippen molar-refractivity contribution in [2.45, 2.75) is 38.8 Å². The molecule has 1 aliphatic heterocycles. The van der Waals surface area contributed by atoms with Gasteiger partial charge in [0.1, 0.15) is 6.61 Å². The van der Waals surface area contributed by atoms with Gasteiger partial charge in [0.25, 0.3) is 5.91 Å². The summed E-state index contributed by atoms with van der Waals surface area (Å²) < 4.78 is 25.4. The first-order valence-electron chi connectivity index (χ1n) is 8.78. The van der Waals surface area contributed by atoms with Crippen LogP contribution in [-0.4, -0.2) is 61.5 Å². The largest absolute Gasteiger partial charge is 0.493 e. The van der Waals surface area contributed by atoms with Crippen LogP contribution in [0.5, 0.6) is 11.5 Å². The zero-order chi connectivity index (χ0) is 21.4. The van der Waals surface area contributed by atoms with E-state index in [2.05, 4.69) is 10.3 Å². The number of methoxy groups -OCH3 is 1. The maximum absolute atomic E-state index is 12.7. The summed E-state index contributed by atoms with van der Waals surface area (Å²) in [7, 11) is 1.35. The SMILES string of the molecule is COc1ccnc(C(=O)N[C@H]2COC(=O)CC[C@H](C)OC2=O)c1OCOC(C)=O. The van der Waals surface area contributed by atoms with Gasteiger partial charge in [0.2, 0.25) is 6.79 Å². The Morgan fingerprint density at radius 3 is 2.79 bits per heavy atom. The van der Waals surface area contributed by atoms with Crippen molar-refractivity contribution in [3.63, 3.8) is 0 Å². The van der Waals surface area contributed by atoms with Crippen molar-refractivity contribution in [2.24, 2.45) is 0 Å². The summed E-state index contributed by atoms with van der Waals surface area (Å²) in [6, 6.07) is 0.207. The lowest BCUT2D eigenvalue weighted by Gasteiger charge is -2.19. The van der Waals surface area contributed by atoms with E-state index in [-0.39, 0.29) is 30.2 Å². The molecule has 0 aromatic carbocycles. The van der Waals surface area contributed by atoms with Crippen LogP contribution < -0.4 is 14.8 Å². The van der Waals surface area contributed by atoms with E-state index >= 15 is 0 Å². The first-order valence-corrected chi connectivity index (χ1v) is 8.78. The van der Waals surface area contributed by atoms with Crippen molar-refractivity contribution in [2.75, 3.05) is 20.5 Å². The van der Waals surface area contributed by atoms with Crippen molar-refractivity contribution >= 4 is 23.8 Å². The van der Waals surface area contributed by atoms with Crippen molar-refractivity contribution in [3.8, 4) is 11.5 Å². The van der Waals surface area contributed by atoms with Crippen LogP contribution in [0.15, 0.2) is 12.3 Å². The second-order valence-electron chi connectivity index (χ2n) is 6.08. The molecule has 0 unspecified atom stereocenters. The van der Waals surface area contributed by atoms with E-state index in [1.807, 2.05) is 0 Å². The van der Waals surface area contributed by atoms with Crippen LogP contribution in [0.4, 0.5) is 0 Å². The number of pyridine rings is 1. The Labute approximate surface area is 166 Å². The van der Waals surface area contributed by atoms with E-state index in [1.54, 1.807) is 6.92 Å². The molecule has 1 aromatic heterocycles. The van der Waals surface area contributed by atoms with Crippen molar-refractivity contribution in [1.82, 2.24) is 10.3 Å². The number of esters is 3. The predicted octanol–water partition coefficient (Wildman–Crippen LogP) is 0.357. The average Bonchev–Trinajstić information content (AvgIpc) is 2.73. The monoisotopic (exact) mass is 410 g/mol. The van der Waals surface area contributed by atoms with Crippen LogP contribution in [0.2, 0.25) is 0 Å². The number of hydrogen-bond acceptors (Lipinski definition) is 10. The van der Waals surface area contributed by atoms with Gasteiger partial charge < -0.3 is 29.0 Å². The van der Waals surface area contributed by atoms with E-state index < -0.39 is 42.8 Å². The van der Waals surface area contributed by atoms with Crippen LogP contribution >= 0.6 is 0 Å². The Bertz CT molecular complexity index is 781. The normalized spacial score (nSPS) is 19.6. The molecule has 0 aliphatic carbocycles. The Morgan fingerprint density at radius 2 is 2.10 bits per heavy atom. The van der Waals surface area contributed by atoms with Crippen LogP contribution in [-0.2, 0) is 28.6 Å². The Kier molecular flexibility index (Phi) is 7.75. The molecule has 1 N–H and O–H groups in total. The Hall–Kier alpha value is -3.37. The number of rotatable bonds is 6. The minimum atomic E-state index is -1.23. The van der Waals surface area contributed by atoms with Crippen molar-refractivity contribution in [3.05, 3.63) is 18.0 Å². The molecular formula is C18H22N2O9. The van der Waals surface area contributed by atoms with Crippen LogP contribution in [0.3, 0.4) is 0 Å². The number of nitrogens with one attached hydrogen (secondary N) is 1. The average molecular weight is 410 g/mol. The molecule has 2 rings (SSSR count). The predicted molar refractivity (Wildman–Crippen MR) is 95.1 cm³/mol. The topological polar surface area (TPSA) is 139 Å². The van der Waals surface area contributed by atoms with Gasteiger partial charge in [-0.1, -0.05) is 0 Å². The third-order valence-corrected chi connectivity index (χ3v) is 3.84. The first-order chi connectivity index (χ1) is 13.8. The number of carbonyl (C=O) groups excluding carboxylic acids is 4. The summed E-state index contributed by atoms with van der Waals surface area (Å²) in [6.45, 7) is 1.98. The molecule has 29 heavy (non-hydrogen) atoms. The fourth-order valence-electron chi connectivity index (χ4n) is 2.37. The zero-order valence-corrected chi connectivity index (χ0v) is 16.3. The number of hydrogen-bond donors (Lipinski definition) is 1. The first kappa shape index (κ1) is 21.9. The standard InChI is InChI=1S/C18H22N2O9/c1-10-4-5-14(22)26-8-12(18(24)29-10)20-17(23)15-16(28-9-27-11(2)21)13(25-3)6-7-19-15/h6-7,10,12H,4-5,8-9H2,1-3H3,(H,20,23)/t10-,12-/m0/s1. The van der Waals surface area contributed by atoms with Gasteiger partial charge in [0.05, 0.1) is 13.2 Å². The Morgan fingerprint density at radius 1 is 1.34 bits per heavy atom. The van der Waals surface area contributed by atoms with Gasteiger partial charge in [-0.2, -0.15) is 0 Å². The van der Waals surface area contributed by atoms with E-state index in [1.165, 1.54) is 26.3 Å². The van der Waals surface area contributed by atoms with Gasteiger partial charge in [0, 0.05) is 25.6 Å². The maximum Gasteiger partial charge on any atom is 0.332 e. The molecule has 0 spiro atoms. The third kappa shape index (κ3) is 6.33. The summed E-state index contributed by atoms with van der Waals surface area (Å²) in [5.41, 5.74) is -0.219. The lowest BCUT2D eigenvalue weighted by molar-refractivity contribution is -0.152. The summed E-state index contributed by atoms with van der Waals surface area (Å²) in [5, 5.41) is 2.42. The fourth-order valence-corrected chi connectivity index (χ4v) is 2.37. The van der Waals surface area contributed by atoms with Crippen LogP contribution in [0.25, 0.3) is 0 Å². The van der Waals surface area contributed by atoms with E-state index in [0.29, 0.717) is 6.42 Å². The molecule has 1 fully saturated rings. The molecule has 1 saturated heterocycles. The highest BCUT2D eigenvalue weighted by Gasteiger charge is 2.30. The molecule has 0 saturated carbocycles. The highest BCUT2D eigenvalue weighted by Crippen LogP contribution is 2.29. The number of aromatic nitrogens is 1. The fraction of sp³-hybridized carbons (Fsp3) is 0.500. The number of cyclic esters (lactones) is 2. The van der Waals surface area contributed by atoms with E-state index in [9.17, 15) is 19.2 Å².